The van der Waals surface area contributed by atoms with E-state index in [0.29, 0.717) is 31.8 Å². The Labute approximate surface area is 167 Å². The molecule has 10 heteroatoms. The maximum atomic E-state index is 12.1. The molecule has 2 N–H and O–H groups in total. The smallest absolute Gasteiger partial charge is 0.264 e. The lowest BCUT2D eigenvalue weighted by molar-refractivity contribution is -0.115. The lowest BCUT2D eigenvalue weighted by Gasteiger charge is -2.00. The Bertz CT molecular complexity index is 940. The number of hydrogen-bond donors (Lipinski definition) is 2. The van der Waals surface area contributed by atoms with Gasteiger partial charge in [0.15, 0.2) is 10.3 Å². The minimum atomic E-state index is -0.225. The average molecular weight is 427 g/mol. The van der Waals surface area contributed by atoms with Gasteiger partial charge in [-0.1, -0.05) is 40.6 Å². The second kappa shape index (κ2) is 8.22. The average Bonchev–Trinajstić information content (AvgIpc) is 3.15. The molecular weight excluding hydrogens is 415 g/mol. The number of thiazole rings is 1. The number of carbonyl (C=O) groups is 2. The van der Waals surface area contributed by atoms with E-state index in [1.807, 2.05) is 6.07 Å². The van der Waals surface area contributed by atoms with Crippen molar-refractivity contribution in [2.75, 3.05) is 5.32 Å². The normalized spacial score (nSPS) is 17.0. The Balaban J connectivity index is 1.68. The van der Waals surface area contributed by atoms with Gasteiger partial charge in [-0.05, 0) is 35.5 Å². The molecule has 0 atom stereocenters. The van der Waals surface area contributed by atoms with Gasteiger partial charge >= 0.3 is 0 Å². The van der Waals surface area contributed by atoms with Gasteiger partial charge in [0.25, 0.3) is 5.91 Å². The predicted molar refractivity (Wildman–Crippen MR) is 108 cm³/mol. The lowest BCUT2D eigenvalue weighted by Crippen LogP contribution is -2.19. The number of carbonyl (C=O) groups excluding carboxylic acids is 2. The van der Waals surface area contributed by atoms with Crippen molar-refractivity contribution >= 4 is 74.5 Å². The molecule has 2 heterocycles. The molecule has 0 bridgehead atoms. The Hall–Kier alpha value is -1.87. The summed E-state index contributed by atoms with van der Waals surface area (Å²) in [5.41, 5.74) is 0.890. The zero-order valence-electron chi connectivity index (χ0n) is 13.4. The number of amides is 2. The van der Waals surface area contributed by atoms with Crippen LogP contribution in [-0.4, -0.2) is 22.0 Å². The first-order chi connectivity index (χ1) is 12.4. The molecule has 1 aliphatic heterocycles. The first-order valence-electron chi connectivity index (χ1n) is 7.33. The Morgan fingerprint density at radius 3 is 2.92 bits per heavy atom. The number of thioether (sulfide) groups is 1. The summed E-state index contributed by atoms with van der Waals surface area (Å²) in [5, 5.41) is 7.28. The van der Waals surface area contributed by atoms with E-state index < -0.39 is 0 Å². The molecule has 2 amide bonds. The number of aromatic nitrogens is 1. The summed E-state index contributed by atoms with van der Waals surface area (Å²) in [6.45, 7) is 1.79. The third-order valence-corrected chi connectivity index (χ3v) is 5.67. The molecule has 1 aliphatic rings. The summed E-state index contributed by atoms with van der Waals surface area (Å²) >= 11 is 14.4. The van der Waals surface area contributed by atoms with E-state index in [9.17, 15) is 9.59 Å². The molecule has 134 valence electrons. The van der Waals surface area contributed by atoms with Crippen LogP contribution in [0.5, 0.6) is 0 Å². The first kappa shape index (κ1) is 18.9. The molecule has 3 rings (SSSR count). The summed E-state index contributed by atoms with van der Waals surface area (Å²) < 4.78 is 0. The highest BCUT2D eigenvalue weighted by Crippen LogP contribution is 2.29. The quantitative estimate of drug-likeness (QED) is 0.718. The fourth-order valence-corrected chi connectivity index (χ4v) is 4.01. The van der Waals surface area contributed by atoms with Crippen LogP contribution in [0.2, 0.25) is 10.0 Å². The van der Waals surface area contributed by atoms with Crippen LogP contribution < -0.4 is 10.6 Å². The van der Waals surface area contributed by atoms with Gasteiger partial charge in [0.05, 0.1) is 26.4 Å². The molecule has 1 fully saturated rings. The van der Waals surface area contributed by atoms with Crippen LogP contribution in [0.25, 0.3) is 6.08 Å². The second-order valence-corrected chi connectivity index (χ2v) is 8.09. The van der Waals surface area contributed by atoms with Crippen molar-refractivity contribution in [1.29, 1.82) is 0 Å². The fraction of sp³-hybridized carbons (Fsp3) is 0.125. The number of nitrogens with one attached hydrogen (secondary N) is 2. The predicted octanol–water partition coefficient (Wildman–Crippen LogP) is 4.17. The number of nitrogens with zero attached hydrogens (tertiary/aromatic N) is 2. The number of hydrogen-bond acceptors (Lipinski definition) is 6. The molecule has 0 aliphatic carbocycles. The molecule has 2 aromatic rings. The van der Waals surface area contributed by atoms with Crippen molar-refractivity contribution in [2.24, 2.45) is 4.99 Å². The van der Waals surface area contributed by atoms with E-state index in [2.05, 4.69) is 20.6 Å². The van der Waals surface area contributed by atoms with Crippen molar-refractivity contribution in [1.82, 2.24) is 10.3 Å². The van der Waals surface area contributed by atoms with E-state index in [1.54, 1.807) is 24.4 Å². The van der Waals surface area contributed by atoms with Gasteiger partial charge in [0.1, 0.15) is 0 Å². The molecule has 1 aromatic heterocycles. The van der Waals surface area contributed by atoms with Crippen LogP contribution in [-0.2, 0) is 16.1 Å². The molecule has 0 saturated carbocycles. The van der Waals surface area contributed by atoms with Crippen molar-refractivity contribution in [3.8, 4) is 0 Å². The zero-order chi connectivity index (χ0) is 18.7. The number of amidine groups is 1. The van der Waals surface area contributed by atoms with Gasteiger partial charge < -0.3 is 10.6 Å². The standard InChI is InChI=1S/C16H12Cl2N4O2S2/c1-8(23)21-15-20-7-10(25-15)5-13-14(24)22-16(26-13)19-6-9-2-3-11(17)12(18)4-9/h2-5,7H,6H2,1H3,(H,19,22,24)(H,20,21,23)/b13-5-. The molecule has 0 unspecified atom stereocenters. The zero-order valence-corrected chi connectivity index (χ0v) is 16.5. The third kappa shape index (κ3) is 4.85. The summed E-state index contributed by atoms with van der Waals surface area (Å²) in [6, 6.07) is 5.28. The molecule has 0 radical (unpaired) electrons. The Kier molecular flexibility index (Phi) is 5.98. The van der Waals surface area contributed by atoms with Gasteiger partial charge in [-0.2, -0.15) is 0 Å². The number of benzene rings is 1. The fourth-order valence-electron chi connectivity index (χ4n) is 1.99. The van der Waals surface area contributed by atoms with E-state index >= 15 is 0 Å². The van der Waals surface area contributed by atoms with Crippen molar-refractivity contribution < 1.29 is 9.59 Å². The van der Waals surface area contributed by atoms with Crippen LogP contribution >= 0.6 is 46.3 Å². The topological polar surface area (TPSA) is 83.4 Å². The van der Waals surface area contributed by atoms with Gasteiger partial charge in [-0.3, -0.25) is 14.6 Å². The number of rotatable bonds is 4. The van der Waals surface area contributed by atoms with Gasteiger partial charge in [-0.15, -0.1) is 0 Å². The maximum absolute atomic E-state index is 12.1. The molecule has 6 nitrogen and oxygen atoms in total. The second-order valence-electron chi connectivity index (χ2n) is 5.18. The number of anilines is 1. The Morgan fingerprint density at radius 2 is 2.19 bits per heavy atom. The van der Waals surface area contributed by atoms with Gasteiger partial charge in [-0.25, -0.2) is 4.98 Å². The highest BCUT2D eigenvalue weighted by atomic mass is 35.5. The van der Waals surface area contributed by atoms with Crippen LogP contribution in [0.15, 0.2) is 34.3 Å². The summed E-state index contributed by atoms with van der Waals surface area (Å²) in [4.78, 5) is 32.8. The minimum Gasteiger partial charge on any atom is -0.302 e. The van der Waals surface area contributed by atoms with Crippen molar-refractivity contribution in [2.45, 2.75) is 13.5 Å². The van der Waals surface area contributed by atoms with Crippen LogP contribution in [0.3, 0.4) is 0 Å². The maximum Gasteiger partial charge on any atom is 0.264 e. The SMILES string of the molecule is CC(=O)Nc1ncc(/C=C2\S/C(=N\Cc3ccc(Cl)c(Cl)c3)NC2=O)s1. The van der Waals surface area contributed by atoms with Crippen molar-refractivity contribution in [3.63, 3.8) is 0 Å². The van der Waals surface area contributed by atoms with Crippen molar-refractivity contribution in [3.05, 3.63) is 49.8 Å². The van der Waals surface area contributed by atoms with E-state index in [-0.39, 0.29) is 11.8 Å². The molecule has 26 heavy (non-hydrogen) atoms. The highest BCUT2D eigenvalue weighted by Gasteiger charge is 2.23. The summed E-state index contributed by atoms with van der Waals surface area (Å²) in [7, 11) is 0. The minimum absolute atomic E-state index is 0.191. The lowest BCUT2D eigenvalue weighted by atomic mass is 10.2. The van der Waals surface area contributed by atoms with E-state index in [4.69, 9.17) is 23.2 Å². The van der Waals surface area contributed by atoms with E-state index in [0.717, 1.165) is 10.4 Å². The summed E-state index contributed by atoms with van der Waals surface area (Å²) in [6.07, 6.45) is 3.31. The van der Waals surface area contributed by atoms with Gasteiger partial charge in [0, 0.05) is 13.1 Å². The first-order valence-corrected chi connectivity index (χ1v) is 9.72. The molecule has 1 aromatic carbocycles. The number of aliphatic imine (C=N–C) groups is 1. The molecular formula is C16H12Cl2N4O2S2. The third-order valence-electron chi connectivity index (χ3n) is 3.12. The van der Waals surface area contributed by atoms with E-state index in [1.165, 1.54) is 30.0 Å². The van der Waals surface area contributed by atoms with Crippen LogP contribution in [0.1, 0.15) is 17.4 Å². The molecule has 0 spiro atoms. The van der Waals surface area contributed by atoms with Crippen LogP contribution in [0, 0.1) is 0 Å². The monoisotopic (exact) mass is 426 g/mol. The summed E-state index contributed by atoms with van der Waals surface area (Å²) in [5.74, 6) is -0.416. The van der Waals surface area contributed by atoms with Crippen LogP contribution in [0.4, 0.5) is 5.13 Å². The van der Waals surface area contributed by atoms with Gasteiger partial charge in [0.2, 0.25) is 5.91 Å². The highest BCUT2D eigenvalue weighted by molar-refractivity contribution is 8.18. The Morgan fingerprint density at radius 1 is 1.38 bits per heavy atom. The largest absolute Gasteiger partial charge is 0.302 e. The molecule has 1 saturated heterocycles. The number of halogens is 2.